The number of phenols is 1. The molecule has 1 aliphatic rings. The van der Waals surface area contributed by atoms with E-state index in [1.807, 2.05) is 55.5 Å². The van der Waals surface area contributed by atoms with E-state index in [0.717, 1.165) is 34.7 Å². The molecule has 4 rings (SSSR count). The van der Waals surface area contributed by atoms with Gasteiger partial charge >= 0.3 is 0 Å². The zero-order valence-electron chi connectivity index (χ0n) is 17.2. The first-order valence-electron chi connectivity index (χ1n) is 9.98. The van der Waals surface area contributed by atoms with Gasteiger partial charge in [-0.25, -0.2) is 5.01 Å². The number of hydrogen-bond acceptors (Lipinski definition) is 5. The standard InChI is InChI=1S/C24H20Br2N2O4/c1-2-31-17-7-9-19(10-8-17)32-18-5-3-15(4-6-18)22-13-23(28(14-29)27-22)16-11-20(25)24(30)21(26)12-16/h3-12,14,23,30H,2,13H2,1H3. The van der Waals surface area contributed by atoms with Gasteiger partial charge in [0.2, 0.25) is 6.41 Å². The molecule has 0 saturated heterocycles. The molecular weight excluding hydrogens is 540 g/mol. The Balaban J connectivity index is 1.48. The molecule has 1 atom stereocenters. The number of carbonyl (C=O) groups is 1. The molecule has 6 nitrogen and oxygen atoms in total. The summed E-state index contributed by atoms with van der Waals surface area (Å²) in [5.41, 5.74) is 2.58. The van der Waals surface area contributed by atoms with E-state index in [9.17, 15) is 9.90 Å². The first-order chi connectivity index (χ1) is 15.5. The quantitative estimate of drug-likeness (QED) is 0.339. The zero-order valence-corrected chi connectivity index (χ0v) is 20.3. The second-order valence-corrected chi connectivity index (χ2v) is 8.82. The maximum absolute atomic E-state index is 11.6. The molecule has 0 spiro atoms. The van der Waals surface area contributed by atoms with Crippen LogP contribution < -0.4 is 9.47 Å². The van der Waals surface area contributed by atoms with E-state index in [0.29, 0.717) is 27.7 Å². The summed E-state index contributed by atoms with van der Waals surface area (Å²) in [6, 6.07) is 18.4. The Hall–Kier alpha value is -2.84. The molecule has 0 aliphatic carbocycles. The van der Waals surface area contributed by atoms with Crippen LogP contribution in [0.15, 0.2) is 74.7 Å². The minimum atomic E-state index is -0.254. The van der Waals surface area contributed by atoms with Crippen molar-refractivity contribution in [1.29, 1.82) is 0 Å². The number of aromatic hydroxyl groups is 1. The van der Waals surface area contributed by atoms with Gasteiger partial charge in [0.05, 0.1) is 27.3 Å². The van der Waals surface area contributed by atoms with E-state index in [1.54, 1.807) is 12.1 Å². The lowest BCUT2D eigenvalue weighted by Crippen LogP contribution is -2.17. The molecule has 1 amide bonds. The first-order valence-corrected chi connectivity index (χ1v) is 11.6. The van der Waals surface area contributed by atoms with Gasteiger partial charge in [-0.1, -0.05) is 0 Å². The molecular formula is C24H20Br2N2O4. The summed E-state index contributed by atoms with van der Waals surface area (Å²) in [4.78, 5) is 11.6. The Morgan fingerprint density at radius 1 is 1.03 bits per heavy atom. The number of rotatable bonds is 7. The number of benzene rings is 3. The number of halogens is 2. The van der Waals surface area contributed by atoms with Crippen molar-refractivity contribution >= 4 is 44.0 Å². The molecule has 0 aromatic heterocycles. The second kappa shape index (κ2) is 9.75. The highest BCUT2D eigenvalue weighted by atomic mass is 79.9. The van der Waals surface area contributed by atoms with E-state index in [1.165, 1.54) is 5.01 Å². The van der Waals surface area contributed by atoms with Crippen LogP contribution in [-0.2, 0) is 4.79 Å². The van der Waals surface area contributed by atoms with Crippen molar-refractivity contribution in [2.75, 3.05) is 6.61 Å². The van der Waals surface area contributed by atoms with Gasteiger partial charge in [-0.15, -0.1) is 0 Å². The van der Waals surface area contributed by atoms with Crippen LogP contribution in [-0.4, -0.2) is 28.8 Å². The van der Waals surface area contributed by atoms with E-state index in [-0.39, 0.29) is 11.8 Å². The summed E-state index contributed by atoms with van der Waals surface area (Å²) in [7, 11) is 0. The van der Waals surface area contributed by atoms with Gasteiger partial charge in [-0.05, 0) is 111 Å². The van der Waals surface area contributed by atoms with E-state index >= 15 is 0 Å². The van der Waals surface area contributed by atoms with E-state index in [4.69, 9.17) is 9.47 Å². The molecule has 0 radical (unpaired) electrons. The highest BCUT2D eigenvalue weighted by molar-refractivity contribution is 9.11. The van der Waals surface area contributed by atoms with Crippen molar-refractivity contribution < 1.29 is 19.4 Å². The molecule has 8 heteroatoms. The Morgan fingerprint density at radius 2 is 1.59 bits per heavy atom. The van der Waals surface area contributed by atoms with Gasteiger partial charge in [-0.3, -0.25) is 4.79 Å². The van der Waals surface area contributed by atoms with Crippen molar-refractivity contribution in [3.63, 3.8) is 0 Å². The van der Waals surface area contributed by atoms with Crippen molar-refractivity contribution in [1.82, 2.24) is 5.01 Å². The molecule has 32 heavy (non-hydrogen) atoms. The smallest absolute Gasteiger partial charge is 0.230 e. The zero-order chi connectivity index (χ0) is 22.7. The lowest BCUT2D eigenvalue weighted by Gasteiger charge is -2.18. The number of carbonyl (C=O) groups excluding carboxylic acids is 1. The third-order valence-corrected chi connectivity index (χ3v) is 6.24. The molecule has 164 valence electrons. The molecule has 1 heterocycles. The molecule has 0 bridgehead atoms. The van der Waals surface area contributed by atoms with Gasteiger partial charge in [0.1, 0.15) is 23.0 Å². The monoisotopic (exact) mass is 558 g/mol. The van der Waals surface area contributed by atoms with E-state index < -0.39 is 0 Å². The summed E-state index contributed by atoms with van der Waals surface area (Å²) < 4.78 is 12.5. The summed E-state index contributed by atoms with van der Waals surface area (Å²) >= 11 is 6.69. The molecule has 1 N–H and O–H groups in total. The number of phenolic OH excluding ortho intramolecular Hbond substituents is 1. The van der Waals surface area contributed by atoms with Crippen LogP contribution in [0, 0.1) is 0 Å². The number of hydrogen-bond donors (Lipinski definition) is 1. The van der Waals surface area contributed by atoms with Crippen molar-refractivity contribution in [2.45, 2.75) is 19.4 Å². The lowest BCUT2D eigenvalue weighted by atomic mass is 9.98. The molecule has 1 unspecified atom stereocenters. The van der Waals surface area contributed by atoms with Crippen LogP contribution in [0.4, 0.5) is 0 Å². The fourth-order valence-corrected chi connectivity index (χ4v) is 4.69. The largest absolute Gasteiger partial charge is 0.506 e. The lowest BCUT2D eigenvalue weighted by molar-refractivity contribution is -0.119. The molecule has 0 saturated carbocycles. The fourth-order valence-electron chi connectivity index (χ4n) is 3.47. The predicted molar refractivity (Wildman–Crippen MR) is 129 cm³/mol. The highest BCUT2D eigenvalue weighted by Crippen LogP contribution is 2.39. The topological polar surface area (TPSA) is 71.4 Å². The average molecular weight is 560 g/mol. The minimum absolute atomic E-state index is 0.119. The van der Waals surface area contributed by atoms with Crippen LogP contribution in [0.3, 0.4) is 0 Å². The van der Waals surface area contributed by atoms with Crippen molar-refractivity contribution in [3.05, 3.63) is 80.7 Å². The molecule has 0 fully saturated rings. The maximum Gasteiger partial charge on any atom is 0.230 e. The van der Waals surface area contributed by atoms with Crippen molar-refractivity contribution in [2.24, 2.45) is 5.10 Å². The Morgan fingerprint density at radius 3 is 2.16 bits per heavy atom. The summed E-state index contributed by atoms with van der Waals surface area (Å²) in [5.74, 6) is 2.34. The predicted octanol–water partition coefficient (Wildman–Crippen LogP) is 6.42. The minimum Gasteiger partial charge on any atom is -0.506 e. The Labute approximate surface area is 202 Å². The average Bonchev–Trinajstić information content (AvgIpc) is 3.24. The van der Waals surface area contributed by atoms with Gasteiger partial charge in [-0.2, -0.15) is 5.10 Å². The Bertz CT molecular complexity index is 1120. The van der Waals surface area contributed by atoms with Crippen LogP contribution in [0.25, 0.3) is 0 Å². The number of ether oxygens (including phenoxy) is 2. The highest BCUT2D eigenvalue weighted by Gasteiger charge is 2.29. The van der Waals surface area contributed by atoms with Gasteiger partial charge in [0.25, 0.3) is 0 Å². The normalized spacial score (nSPS) is 15.4. The maximum atomic E-state index is 11.6. The summed E-state index contributed by atoms with van der Waals surface area (Å²) in [5, 5.41) is 15.9. The van der Waals surface area contributed by atoms with Gasteiger partial charge in [0, 0.05) is 6.42 Å². The third kappa shape index (κ3) is 4.81. The van der Waals surface area contributed by atoms with Gasteiger partial charge in [0.15, 0.2) is 0 Å². The van der Waals surface area contributed by atoms with E-state index in [2.05, 4.69) is 37.0 Å². The van der Waals surface area contributed by atoms with Crippen LogP contribution in [0.5, 0.6) is 23.0 Å². The third-order valence-electron chi connectivity index (χ3n) is 5.03. The molecule has 3 aromatic carbocycles. The number of amides is 1. The van der Waals surface area contributed by atoms with Crippen LogP contribution in [0.2, 0.25) is 0 Å². The molecule has 1 aliphatic heterocycles. The first kappa shape index (κ1) is 22.4. The second-order valence-electron chi connectivity index (χ2n) is 7.12. The fraction of sp³-hybridized carbons (Fsp3) is 0.167. The van der Waals surface area contributed by atoms with Crippen LogP contribution >= 0.6 is 31.9 Å². The number of hydrazone groups is 1. The Kier molecular flexibility index (Phi) is 6.81. The summed E-state index contributed by atoms with van der Waals surface area (Å²) in [6.07, 6.45) is 1.28. The van der Waals surface area contributed by atoms with Crippen molar-refractivity contribution in [3.8, 4) is 23.0 Å². The molecule has 3 aromatic rings. The van der Waals surface area contributed by atoms with Gasteiger partial charge < -0.3 is 14.6 Å². The van der Waals surface area contributed by atoms with Crippen LogP contribution in [0.1, 0.15) is 30.5 Å². The number of nitrogens with zero attached hydrogens (tertiary/aromatic N) is 2. The summed E-state index contributed by atoms with van der Waals surface area (Å²) in [6.45, 7) is 2.56. The SMILES string of the molecule is CCOc1ccc(Oc2ccc(C3=NN(C=O)C(c4cc(Br)c(O)c(Br)c4)C3)cc2)cc1.